The van der Waals surface area contributed by atoms with Crippen molar-refractivity contribution in [2.24, 2.45) is 5.92 Å². The molecule has 0 rings (SSSR count). The normalized spacial score (nSPS) is 12.4. The van der Waals surface area contributed by atoms with Crippen LogP contribution in [0.1, 0.15) is 20.3 Å². The second kappa shape index (κ2) is 8.31. The van der Waals surface area contributed by atoms with Crippen molar-refractivity contribution in [2.45, 2.75) is 26.4 Å². The maximum atomic E-state index is 11.8. The van der Waals surface area contributed by atoms with Crippen LogP contribution in [0, 0.1) is 5.92 Å². The molecular formula is C11H20F3NO3. The van der Waals surface area contributed by atoms with Crippen LogP contribution < -0.4 is 0 Å². The van der Waals surface area contributed by atoms with E-state index >= 15 is 0 Å². The van der Waals surface area contributed by atoms with E-state index in [2.05, 4.69) is 4.74 Å². The molecule has 0 unspecified atom stereocenters. The average molecular weight is 271 g/mol. The second-order valence-corrected chi connectivity index (χ2v) is 4.54. The van der Waals surface area contributed by atoms with Gasteiger partial charge in [-0.25, -0.2) is 0 Å². The molecule has 0 aromatic rings. The highest BCUT2D eigenvalue weighted by Crippen LogP contribution is 2.14. The van der Waals surface area contributed by atoms with Crippen LogP contribution in [0.2, 0.25) is 0 Å². The Kier molecular flexibility index (Phi) is 7.93. The fourth-order valence-corrected chi connectivity index (χ4v) is 1.52. The summed E-state index contributed by atoms with van der Waals surface area (Å²) in [6.07, 6.45) is -3.92. The molecule has 0 radical (unpaired) electrons. The zero-order valence-electron chi connectivity index (χ0n) is 10.7. The van der Waals surface area contributed by atoms with Crippen LogP contribution in [0.4, 0.5) is 13.2 Å². The Morgan fingerprint density at radius 1 is 1.39 bits per heavy atom. The molecule has 1 N–H and O–H groups in total. The number of hydrogen-bond acceptors (Lipinski definition) is 3. The van der Waals surface area contributed by atoms with Crippen molar-refractivity contribution in [1.82, 2.24) is 4.90 Å². The Bertz CT molecular complexity index is 244. The molecule has 0 fully saturated rings. The number of carbonyl (C=O) groups is 1. The minimum Gasteiger partial charge on any atom is -0.480 e. The predicted molar refractivity (Wildman–Crippen MR) is 60.4 cm³/mol. The van der Waals surface area contributed by atoms with Crippen LogP contribution in [0.15, 0.2) is 0 Å². The molecule has 0 saturated heterocycles. The zero-order chi connectivity index (χ0) is 14.2. The molecule has 0 aliphatic heterocycles. The summed E-state index contributed by atoms with van der Waals surface area (Å²) in [5.41, 5.74) is 0. The molecule has 0 saturated carbocycles. The summed E-state index contributed by atoms with van der Waals surface area (Å²) in [6, 6.07) is 0. The molecule has 0 heterocycles. The fourth-order valence-electron chi connectivity index (χ4n) is 1.52. The van der Waals surface area contributed by atoms with E-state index in [1.165, 1.54) is 0 Å². The van der Waals surface area contributed by atoms with Gasteiger partial charge in [0.05, 0.1) is 6.54 Å². The van der Waals surface area contributed by atoms with Crippen molar-refractivity contribution in [2.75, 3.05) is 32.8 Å². The molecule has 0 aromatic heterocycles. The SMILES string of the molecule is CC(C)CN(CCCOCC(F)(F)F)CC(=O)O. The molecular weight excluding hydrogens is 251 g/mol. The van der Waals surface area contributed by atoms with Crippen LogP contribution in [-0.2, 0) is 9.53 Å². The molecule has 0 aliphatic carbocycles. The highest BCUT2D eigenvalue weighted by atomic mass is 19.4. The van der Waals surface area contributed by atoms with Gasteiger partial charge in [-0.3, -0.25) is 9.69 Å². The molecule has 0 spiro atoms. The largest absolute Gasteiger partial charge is 0.480 e. The number of aliphatic carboxylic acids is 1. The maximum absolute atomic E-state index is 11.8. The lowest BCUT2D eigenvalue weighted by molar-refractivity contribution is -0.174. The van der Waals surface area contributed by atoms with Crippen molar-refractivity contribution in [3.63, 3.8) is 0 Å². The molecule has 0 bridgehead atoms. The van der Waals surface area contributed by atoms with Gasteiger partial charge >= 0.3 is 12.1 Å². The summed E-state index contributed by atoms with van der Waals surface area (Å²) in [7, 11) is 0. The number of rotatable bonds is 9. The van der Waals surface area contributed by atoms with Gasteiger partial charge in [-0.05, 0) is 12.3 Å². The van der Waals surface area contributed by atoms with E-state index in [0.717, 1.165) is 0 Å². The van der Waals surface area contributed by atoms with Crippen molar-refractivity contribution in [3.8, 4) is 0 Å². The van der Waals surface area contributed by atoms with Gasteiger partial charge in [0.1, 0.15) is 6.61 Å². The van der Waals surface area contributed by atoms with Crippen molar-refractivity contribution in [3.05, 3.63) is 0 Å². The first-order valence-electron chi connectivity index (χ1n) is 5.79. The Morgan fingerprint density at radius 3 is 2.44 bits per heavy atom. The summed E-state index contributed by atoms with van der Waals surface area (Å²) in [5, 5.41) is 8.68. The van der Waals surface area contributed by atoms with Gasteiger partial charge in [-0.2, -0.15) is 13.2 Å². The summed E-state index contributed by atoms with van der Waals surface area (Å²) in [6.45, 7) is 3.55. The van der Waals surface area contributed by atoms with Crippen LogP contribution in [0.3, 0.4) is 0 Å². The summed E-state index contributed by atoms with van der Waals surface area (Å²) >= 11 is 0. The van der Waals surface area contributed by atoms with E-state index in [0.29, 0.717) is 25.4 Å². The maximum Gasteiger partial charge on any atom is 0.411 e. The Morgan fingerprint density at radius 2 is 2.00 bits per heavy atom. The van der Waals surface area contributed by atoms with E-state index in [1.54, 1.807) is 4.90 Å². The molecule has 7 heteroatoms. The molecule has 108 valence electrons. The first-order chi connectivity index (χ1) is 8.20. The molecule has 0 atom stereocenters. The van der Waals surface area contributed by atoms with E-state index in [1.807, 2.05) is 13.8 Å². The van der Waals surface area contributed by atoms with Crippen LogP contribution >= 0.6 is 0 Å². The van der Waals surface area contributed by atoms with E-state index in [9.17, 15) is 18.0 Å². The summed E-state index contributed by atoms with van der Waals surface area (Å²) in [5.74, 6) is -0.632. The van der Waals surface area contributed by atoms with Crippen LogP contribution in [0.5, 0.6) is 0 Å². The first kappa shape index (κ1) is 17.2. The van der Waals surface area contributed by atoms with Gasteiger partial charge in [0.25, 0.3) is 0 Å². The number of alkyl halides is 3. The Labute approximate surface area is 105 Å². The van der Waals surface area contributed by atoms with Gasteiger partial charge < -0.3 is 9.84 Å². The minimum atomic E-state index is -4.31. The van der Waals surface area contributed by atoms with Gasteiger partial charge in [-0.1, -0.05) is 13.8 Å². The predicted octanol–water partition coefficient (Wildman–Crippen LogP) is 2.00. The van der Waals surface area contributed by atoms with Gasteiger partial charge in [0.2, 0.25) is 0 Å². The topological polar surface area (TPSA) is 49.8 Å². The zero-order valence-corrected chi connectivity index (χ0v) is 10.7. The third-order valence-corrected chi connectivity index (χ3v) is 2.01. The average Bonchev–Trinajstić information content (AvgIpc) is 2.12. The second-order valence-electron chi connectivity index (χ2n) is 4.54. The quantitative estimate of drug-likeness (QED) is 0.652. The highest BCUT2D eigenvalue weighted by molar-refractivity contribution is 5.69. The lowest BCUT2D eigenvalue weighted by Crippen LogP contribution is -2.34. The van der Waals surface area contributed by atoms with E-state index in [4.69, 9.17) is 5.11 Å². The van der Waals surface area contributed by atoms with Crippen molar-refractivity contribution in [1.29, 1.82) is 0 Å². The molecule has 4 nitrogen and oxygen atoms in total. The Balaban J connectivity index is 3.79. The Hall–Kier alpha value is -0.820. The monoisotopic (exact) mass is 271 g/mol. The summed E-state index contributed by atoms with van der Waals surface area (Å²) < 4.78 is 39.8. The number of carboxylic acids is 1. The van der Waals surface area contributed by atoms with Gasteiger partial charge in [0, 0.05) is 19.7 Å². The molecule has 18 heavy (non-hydrogen) atoms. The van der Waals surface area contributed by atoms with E-state index in [-0.39, 0.29) is 13.2 Å². The number of nitrogens with zero attached hydrogens (tertiary/aromatic N) is 1. The van der Waals surface area contributed by atoms with E-state index < -0.39 is 18.8 Å². The highest BCUT2D eigenvalue weighted by Gasteiger charge is 2.27. The third-order valence-electron chi connectivity index (χ3n) is 2.01. The third kappa shape index (κ3) is 11.7. The van der Waals surface area contributed by atoms with Crippen molar-refractivity contribution < 1.29 is 27.8 Å². The fraction of sp³-hybridized carbons (Fsp3) is 0.909. The van der Waals surface area contributed by atoms with Crippen LogP contribution in [0.25, 0.3) is 0 Å². The van der Waals surface area contributed by atoms with Gasteiger partial charge in [-0.15, -0.1) is 0 Å². The lowest BCUT2D eigenvalue weighted by atomic mass is 10.2. The first-order valence-corrected chi connectivity index (χ1v) is 5.79. The minimum absolute atomic E-state index is 0.0201. The number of carboxylic acid groups (broad SMARTS) is 1. The number of ether oxygens (including phenoxy) is 1. The lowest BCUT2D eigenvalue weighted by Gasteiger charge is -2.22. The molecule has 0 amide bonds. The summed E-state index contributed by atoms with van der Waals surface area (Å²) in [4.78, 5) is 12.3. The number of hydrogen-bond donors (Lipinski definition) is 1. The standard InChI is InChI=1S/C11H20F3NO3/c1-9(2)6-15(7-10(16)17)4-3-5-18-8-11(12,13)14/h9H,3-8H2,1-2H3,(H,16,17). The van der Waals surface area contributed by atoms with Crippen molar-refractivity contribution >= 4 is 5.97 Å². The smallest absolute Gasteiger partial charge is 0.411 e. The van der Waals surface area contributed by atoms with Crippen LogP contribution in [-0.4, -0.2) is 55.0 Å². The number of halogens is 3. The molecule has 0 aliphatic rings. The molecule has 0 aromatic carbocycles. The van der Waals surface area contributed by atoms with Gasteiger partial charge in [0.15, 0.2) is 0 Å².